The quantitative estimate of drug-likeness (QED) is 0.737. The van der Waals surface area contributed by atoms with Gasteiger partial charge in [0.1, 0.15) is 5.60 Å². The van der Waals surface area contributed by atoms with Crippen LogP contribution >= 0.6 is 0 Å². The Morgan fingerprint density at radius 3 is 2.21 bits per heavy atom. The summed E-state index contributed by atoms with van der Waals surface area (Å²) in [5.41, 5.74) is -0.824. The van der Waals surface area contributed by atoms with Crippen molar-refractivity contribution in [3.63, 3.8) is 0 Å². The summed E-state index contributed by atoms with van der Waals surface area (Å²) in [6.07, 6.45) is -6.58. The van der Waals surface area contributed by atoms with E-state index < -0.39 is 42.7 Å². The van der Waals surface area contributed by atoms with Crippen molar-refractivity contribution in [3.8, 4) is 0 Å². The molecule has 0 radical (unpaired) electrons. The summed E-state index contributed by atoms with van der Waals surface area (Å²) in [5, 5.41) is 11.5. The minimum atomic E-state index is -2.81. The second-order valence-corrected chi connectivity index (χ2v) is 4.85. The van der Waals surface area contributed by atoms with Crippen molar-refractivity contribution in [3.05, 3.63) is 0 Å². The van der Waals surface area contributed by atoms with E-state index in [9.17, 15) is 23.5 Å². The van der Waals surface area contributed by atoms with Crippen LogP contribution in [0.4, 0.5) is 13.6 Å². The fourth-order valence-electron chi connectivity index (χ4n) is 1.20. The van der Waals surface area contributed by atoms with Crippen molar-refractivity contribution >= 4 is 12.1 Å². The van der Waals surface area contributed by atoms with Gasteiger partial charge in [0.05, 0.1) is 13.2 Å². The van der Waals surface area contributed by atoms with Gasteiger partial charge in [-0.25, -0.2) is 18.4 Å². The molecule has 0 aromatic heterocycles. The zero-order chi connectivity index (χ0) is 15.2. The number of nitrogens with one attached hydrogen (secondary N) is 1. The van der Waals surface area contributed by atoms with Crippen LogP contribution in [0.15, 0.2) is 0 Å². The van der Waals surface area contributed by atoms with E-state index in [4.69, 9.17) is 4.74 Å². The molecule has 0 heterocycles. The number of amides is 1. The maximum atomic E-state index is 12.3. The third-order valence-corrected chi connectivity index (χ3v) is 1.96. The van der Waals surface area contributed by atoms with Gasteiger partial charge in [-0.2, -0.15) is 0 Å². The van der Waals surface area contributed by atoms with E-state index in [1.807, 2.05) is 5.32 Å². The molecule has 6 nitrogen and oxygen atoms in total. The molecule has 112 valence electrons. The van der Waals surface area contributed by atoms with Gasteiger partial charge in [0.25, 0.3) is 0 Å². The number of carbonyl (C=O) groups is 2. The average molecular weight is 283 g/mol. The Labute approximate surface area is 110 Å². The zero-order valence-electron chi connectivity index (χ0n) is 11.3. The second kappa shape index (κ2) is 7.22. The summed E-state index contributed by atoms with van der Waals surface area (Å²) >= 11 is 0. The molecule has 2 atom stereocenters. The molecule has 19 heavy (non-hydrogen) atoms. The molecular weight excluding hydrogens is 264 g/mol. The zero-order valence-corrected chi connectivity index (χ0v) is 11.3. The number of hydrogen-bond acceptors (Lipinski definition) is 5. The smallest absolute Gasteiger partial charge is 0.407 e. The summed E-state index contributed by atoms with van der Waals surface area (Å²) in [5.74, 6) is -1.11. The van der Waals surface area contributed by atoms with Crippen LogP contribution < -0.4 is 5.32 Å². The van der Waals surface area contributed by atoms with Crippen molar-refractivity contribution in [1.82, 2.24) is 5.32 Å². The lowest BCUT2D eigenvalue weighted by atomic mass is 10.1. The van der Waals surface area contributed by atoms with E-state index in [2.05, 4.69) is 4.74 Å². The molecule has 0 aliphatic rings. The molecule has 0 aliphatic carbocycles. The maximum Gasteiger partial charge on any atom is 0.407 e. The molecule has 0 saturated heterocycles. The highest BCUT2D eigenvalue weighted by Gasteiger charge is 2.32. The standard InChI is InChI=1S/C11H19F2NO5/c1-11(2,3)19-10(17)14-6(5-7(12)13)8(15)9(16)18-4/h6-8,15H,5H2,1-4H3,(H,14,17). The van der Waals surface area contributed by atoms with Gasteiger partial charge in [0.15, 0.2) is 6.10 Å². The van der Waals surface area contributed by atoms with E-state index in [1.54, 1.807) is 20.8 Å². The van der Waals surface area contributed by atoms with Crippen LogP contribution in [0, 0.1) is 0 Å². The summed E-state index contributed by atoms with van der Waals surface area (Å²) in [6, 6.07) is -1.48. The van der Waals surface area contributed by atoms with Crippen LogP contribution in [0.5, 0.6) is 0 Å². The number of rotatable bonds is 5. The lowest BCUT2D eigenvalue weighted by Crippen LogP contribution is -2.49. The van der Waals surface area contributed by atoms with E-state index >= 15 is 0 Å². The number of aliphatic hydroxyl groups is 1. The molecule has 8 heteroatoms. The highest BCUT2D eigenvalue weighted by atomic mass is 19.3. The molecule has 2 N–H and O–H groups in total. The van der Waals surface area contributed by atoms with Crippen molar-refractivity contribution < 1.29 is 33.0 Å². The first-order chi connectivity index (χ1) is 8.56. The van der Waals surface area contributed by atoms with Gasteiger partial charge >= 0.3 is 12.1 Å². The molecule has 0 rings (SSSR count). The van der Waals surface area contributed by atoms with Gasteiger partial charge in [0, 0.05) is 6.42 Å². The molecule has 1 amide bonds. The van der Waals surface area contributed by atoms with Gasteiger partial charge in [-0.05, 0) is 20.8 Å². The average Bonchev–Trinajstić information content (AvgIpc) is 2.22. The second-order valence-electron chi connectivity index (χ2n) is 4.85. The number of halogens is 2. The first-order valence-corrected chi connectivity index (χ1v) is 5.60. The predicted molar refractivity (Wildman–Crippen MR) is 61.8 cm³/mol. The fraction of sp³-hybridized carbons (Fsp3) is 0.818. The van der Waals surface area contributed by atoms with Crippen LogP contribution in [0.3, 0.4) is 0 Å². The molecule has 0 aromatic rings. The number of aliphatic hydroxyl groups excluding tert-OH is 1. The number of methoxy groups -OCH3 is 1. The van der Waals surface area contributed by atoms with E-state index in [-0.39, 0.29) is 0 Å². The number of alkyl carbamates (subject to hydrolysis) is 1. The van der Waals surface area contributed by atoms with Crippen molar-refractivity contribution in [2.24, 2.45) is 0 Å². The topological polar surface area (TPSA) is 84.9 Å². The number of esters is 1. The van der Waals surface area contributed by atoms with Crippen molar-refractivity contribution in [2.45, 2.75) is 51.4 Å². The Kier molecular flexibility index (Phi) is 6.68. The van der Waals surface area contributed by atoms with E-state index in [1.165, 1.54) is 0 Å². The first kappa shape index (κ1) is 17.6. The van der Waals surface area contributed by atoms with Gasteiger partial charge in [-0.3, -0.25) is 0 Å². The molecule has 0 aromatic carbocycles. The van der Waals surface area contributed by atoms with Gasteiger partial charge in [-0.15, -0.1) is 0 Å². The Hall–Kier alpha value is -1.44. The third-order valence-electron chi connectivity index (χ3n) is 1.96. The Morgan fingerprint density at radius 1 is 1.32 bits per heavy atom. The summed E-state index contributed by atoms with van der Waals surface area (Å²) < 4.78 is 33.8. The fourth-order valence-corrected chi connectivity index (χ4v) is 1.20. The normalized spacial score (nSPS) is 14.7. The maximum absolute atomic E-state index is 12.3. The molecule has 0 fully saturated rings. The SMILES string of the molecule is COC(=O)C(O)C(CC(F)F)NC(=O)OC(C)(C)C. The molecule has 0 saturated carbocycles. The molecular formula is C11H19F2NO5. The van der Waals surface area contributed by atoms with Crippen molar-refractivity contribution in [2.75, 3.05) is 7.11 Å². The summed E-state index contributed by atoms with van der Waals surface area (Å²) in [7, 11) is 0.998. The minimum Gasteiger partial charge on any atom is -0.467 e. The first-order valence-electron chi connectivity index (χ1n) is 5.60. The molecule has 0 aliphatic heterocycles. The molecule has 0 bridgehead atoms. The lowest BCUT2D eigenvalue weighted by molar-refractivity contribution is -0.152. The summed E-state index contributed by atoms with van der Waals surface area (Å²) in [6.45, 7) is 4.77. The molecule has 2 unspecified atom stereocenters. The lowest BCUT2D eigenvalue weighted by Gasteiger charge is -2.25. The summed E-state index contributed by atoms with van der Waals surface area (Å²) in [4.78, 5) is 22.5. The van der Waals surface area contributed by atoms with Gasteiger partial charge in [0.2, 0.25) is 6.43 Å². The van der Waals surface area contributed by atoms with E-state index in [0.29, 0.717) is 0 Å². The predicted octanol–water partition coefficient (Wildman–Crippen LogP) is 1.07. The number of alkyl halides is 2. The Morgan fingerprint density at radius 2 is 1.84 bits per heavy atom. The number of carbonyl (C=O) groups excluding carboxylic acids is 2. The van der Waals surface area contributed by atoms with Gasteiger partial charge in [-0.1, -0.05) is 0 Å². The third kappa shape index (κ3) is 7.55. The Bertz CT molecular complexity index is 317. The van der Waals surface area contributed by atoms with Crippen LogP contribution in [0.1, 0.15) is 27.2 Å². The monoisotopic (exact) mass is 283 g/mol. The van der Waals surface area contributed by atoms with Crippen LogP contribution in [0.25, 0.3) is 0 Å². The molecule has 0 spiro atoms. The van der Waals surface area contributed by atoms with Gasteiger partial charge < -0.3 is 19.9 Å². The van der Waals surface area contributed by atoms with Crippen molar-refractivity contribution in [1.29, 1.82) is 0 Å². The van der Waals surface area contributed by atoms with Crippen LogP contribution in [-0.4, -0.2) is 48.5 Å². The Balaban J connectivity index is 4.68. The highest BCUT2D eigenvalue weighted by molar-refractivity contribution is 5.76. The van der Waals surface area contributed by atoms with E-state index in [0.717, 1.165) is 7.11 Å². The number of ether oxygens (including phenoxy) is 2. The van der Waals surface area contributed by atoms with Crippen LogP contribution in [-0.2, 0) is 14.3 Å². The highest BCUT2D eigenvalue weighted by Crippen LogP contribution is 2.11. The minimum absolute atomic E-state index is 0.824. The number of hydrogen-bond donors (Lipinski definition) is 2. The van der Waals surface area contributed by atoms with Crippen LogP contribution in [0.2, 0.25) is 0 Å². The largest absolute Gasteiger partial charge is 0.467 e.